The second-order valence-corrected chi connectivity index (χ2v) is 8.46. The fraction of sp³-hybridized carbons (Fsp3) is 0.952. The molecule has 6 nitrogen and oxygen atoms in total. The Morgan fingerprint density at radius 2 is 1.89 bits per heavy atom. The number of rotatable bonds is 8. The van der Waals surface area contributed by atoms with Crippen molar-refractivity contribution in [2.45, 2.75) is 76.4 Å². The molecule has 2 atom stereocenters. The standard InChI is InChI=1S/C21H40N4O2/c1-3-22-21(23-10-5-11-27-16-17-8-12-26-13-9-17)24-18-14-19-6-4-7-20(15-18)25(19)2/h17-20H,3-16H2,1-2H3,(H2,22,23,24). The summed E-state index contributed by atoms with van der Waals surface area (Å²) in [7, 11) is 2.31. The van der Waals surface area contributed by atoms with Gasteiger partial charge in [-0.15, -0.1) is 0 Å². The second-order valence-electron chi connectivity index (χ2n) is 8.46. The fourth-order valence-corrected chi connectivity index (χ4v) is 4.77. The largest absolute Gasteiger partial charge is 0.381 e. The zero-order valence-corrected chi connectivity index (χ0v) is 17.4. The van der Waals surface area contributed by atoms with Gasteiger partial charge in [0.15, 0.2) is 5.96 Å². The van der Waals surface area contributed by atoms with Crippen LogP contribution in [-0.2, 0) is 9.47 Å². The molecule has 0 radical (unpaired) electrons. The molecule has 0 spiro atoms. The topological polar surface area (TPSA) is 58.1 Å². The summed E-state index contributed by atoms with van der Waals surface area (Å²) in [6, 6.07) is 2.05. The lowest BCUT2D eigenvalue weighted by Gasteiger charge is -2.47. The van der Waals surface area contributed by atoms with E-state index in [4.69, 9.17) is 14.5 Å². The lowest BCUT2D eigenvalue weighted by molar-refractivity contribution is 0.0205. The molecule has 3 fully saturated rings. The molecule has 156 valence electrons. The molecular formula is C21H40N4O2. The van der Waals surface area contributed by atoms with Crippen molar-refractivity contribution in [2.24, 2.45) is 10.9 Å². The van der Waals surface area contributed by atoms with E-state index in [2.05, 4.69) is 29.5 Å². The molecule has 2 N–H and O–H groups in total. The number of hydrogen-bond donors (Lipinski definition) is 2. The van der Waals surface area contributed by atoms with Crippen molar-refractivity contribution in [1.29, 1.82) is 0 Å². The first-order valence-corrected chi connectivity index (χ1v) is 11.2. The Labute approximate surface area is 165 Å². The zero-order chi connectivity index (χ0) is 18.9. The van der Waals surface area contributed by atoms with Gasteiger partial charge >= 0.3 is 0 Å². The van der Waals surface area contributed by atoms with Crippen molar-refractivity contribution in [2.75, 3.05) is 46.6 Å². The molecule has 3 aliphatic heterocycles. The minimum Gasteiger partial charge on any atom is -0.381 e. The van der Waals surface area contributed by atoms with Gasteiger partial charge in [-0.1, -0.05) is 6.42 Å². The van der Waals surface area contributed by atoms with Crippen LogP contribution < -0.4 is 10.6 Å². The molecule has 27 heavy (non-hydrogen) atoms. The minimum atomic E-state index is 0.555. The van der Waals surface area contributed by atoms with Crippen LogP contribution in [0.15, 0.2) is 4.99 Å². The Balaban J connectivity index is 1.35. The van der Waals surface area contributed by atoms with E-state index in [9.17, 15) is 0 Å². The van der Waals surface area contributed by atoms with E-state index in [1.807, 2.05) is 0 Å². The summed E-state index contributed by atoms with van der Waals surface area (Å²) in [6.07, 6.45) is 9.85. The quantitative estimate of drug-likeness (QED) is 0.385. The van der Waals surface area contributed by atoms with Gasteiger partial charge in [-0.3, -0.25) is 4.99 Å². The van der Waals surface area contributed by atoms with Crippen LogP contribution in [0.4, 0.5) is 0 Å². The molecule has 0 amide bonds. The minimum absolute atomic E-state index is 0.555. The molecule has 3 heterocycles. The van der Waals surface area contributed by atoms with Gasteiger partial charge in [0.2, 0.25) is 0 Å². The average molecular weight is 381 g/mol. The number of hydrogen-bond acceptors (Lipinski definition) is 4. The third-order valence-electron chi connectivity index (χ3n) is 6.44. The maximum Gasteiger partial charge on any atom is 0.191 e. The van der Waals surface area contributed by atoms with E-state index in [0.717, 1.165) is 76.8 Å². The molecule has 2 bridgehead atoms. The van der Waals surface area contributed by atoms with Gasteiger partial charge in [-0.25, -0.2) is 0 Å². The van der Waals surface area contributed by atoms with Gasteiger partial charge < -0.3 is 25.0 Å². The van der Waals surface area contributed by atoms with E-state index in [1.165, 1.54) is 32.1 Å². The highest BCUT2D eigenvalue weighted by Gasteiger charge is 2.36. The second kappa shape index (κ2) is 11.2. The molecule has 3 rings (SSSR count). The summed E-state index contributed by atoms with van der Waals surface area (Å²) >= 11 is 0. The monoisotopic (exact) mass is 380 g/mol. The summed E-state index contributed by atoms with van der Waals surface area (Å²) in [5.41, 5.74) is 0. The smallest absolute Gasteiger partial charge is 0.191 e. The fourth-order valence-electron chi connectivity index (χ4n) is 4.77. The van der Waals surface area contributed by atoms with Crippen molar-refractivity contribution >= 4 is 5.96 Å². The first kappa shape index (κ1) is 20.9. The number of nitrogens with one attached hydrogen (secondary N) is 2. The third kappa shape index (κ3) is 6.61. The van der Waals surface area contributed by atoms with Crippen LogP contribution >= 0.6 is 0 Å². The number of nitrogens with zero attached hydrogens (tertiary/aromatic N) is 2. The Bertz CT molecular complexity index is 439. The van der Waals surface area contributed by atoms with E-state index in [0.29, 0.717) is 12.0 Å². The van der Waals surface area contributed by atoms with Crippen LogP contribution in [0.1, 0.15) is 58.3 Å². The highest BCUT2D eigenvalue weighted by molar-refractivity contribution is 5.80. The molecule has 3 aliphatic rings. The summed E-state index contributed by atoms with van der Waals surface area (Å²) in [4.78, 5) is 7.40. The summed E-state index contributed by atoms with van der Waals surface area (Å²) in [5.74, 6) is 1.67. The van der Waals surface area contributed by atoms with Gasteiger partial charge in [0.25, 0.3) is 0 Å². The van der Waals surface area contributed by atoms with Crippen LogP contribution in [0, 0.1) is 5.92 Å². The molecule has 0 aromatic carbocycles. The van der Waals surface area contributed by atoms with Crippen molar-refractivity contribution in [1.82, 2.24) is 15.5 Å². The SMILES string of the molecule is CCNC(=NCCCOCC1CCOCC1)NC1CC2CCCC(C1)N2C. The van der Waals surface area contributed by atoms with Crippen LogP contribution in [-0.4, -0.2) is 75.5 Å². The predicted octanol–water partition coefficient (Wildman–Crippen LogP) is 2.39. The lowest BCUT2D eigenvalue weighted by atomic mass is 9.82. The van der Waals surface area contributed by atoms with E-state index < -0.39 is 0 Å². The number of guanidine groups is 1. The van der Waals surface area contributed by atoms with Crippen molar-refractivity contribution in [3.8, 4) is 0 Å². The van der Waals surface area contributed by atoms with E-state index in [1.54, 1.807) is 0 Å². The van der Waals surface area contributed by atoms with Crippen molar-refractivity contribution in [3.63, 3.8) is 0 Å². The van der Waals surface area contributed by atoms with Crippen LogP contribution in [0.2, 0.25) is 0 Å². The van der Waals surface area contributed by atoms with Gasteiger partial charge in [-0.2, -0.15) is 0 Å². The average Bonchev–Trinajstić information content (AvgIpc) is 2.66. The molecule has 0 aromatic heterocycles. The highest BCUT2D eigenvalue weighted by Crippen LogP contribution is 2.32. The summed E-state index contributed by atoms with van der Waals surface area (Å²) in [6.45, 7) is 7.34. The van der Waals surface area contributed by atoms with E-state index in [-0.39, 0.29) is 0 Å². The Kier molecular flexibility index (Phi) is 8.68. The molecule has 2 unspecified atom stereocenters. The summed E-state index contributed by atoms with van der Waals surface area (Å²) < 4.78 is 11.3. The van der Waals surface area contributed by atoms with Crippen molar-refractivity contribution in [3.05, 3.63) is 0 Å². The number of aliphatic imine (C=N–C) groups is 1. The predicted molar refractivity (Wildman–Crippen MR) is 110 cm³/mol. The number of fused-ring (bicyclic) bond motifs is 2. The molecule has 6 heteroatoms. The summed E-state index contributed by atoms with van der Waals surface area (Å²) in [5, 5.41) is 7.13. The molecule has 0 saturated carbocycles. The maximum absolute atomic E-state index is 5.86. The highest BCUT2D eigenvalue weighted by atomic mass is 16.5. The third-order valence-corrected chi connectivity index (χ3v) is 6.44. The van der Waals surface area contributed by atoms with Crippen LogP contribution in [0.3, 0.4) is 0 Å². The zero-order valence-electron chi connectivity index (χ0n) is 17.4. The molecule has 0 aromatic rings. The van der Waals surface area contributed by atoms with E-state index >= 15 is 0 Å². The normalized spacial score (nSPS) is 30.3. The Morgan fingerprint density at radius 3 is 2.59 bits per heavy atom. The number of piperidine rings is 2. The molecule has 3 saturated heterocycles. The number of ether oxygens (including phenoxy) is 2. The molecular weight excluding hydrogens is 340 g/mol. The van der Waals surface area contributed by atoms with Gasteiger partial charge in [0, 0.05) is 57.6 Å². The first-order valence-electron chi connectivity index (χ1n) is 11.2. The first-order chi connectivity index (χ1) is 13.3. The maximum atomic E-state index is 5.86. The Hall–Kier alpha value is -0.850. The van der Waals surface area contributed by atoms with Gasteiger partial charge in [0.1, 0.15) is 0 Å². The van der Waals surface area contributed by atoms with Crippen LogP contribution in [0.25, 0.3) is 0 Å². The van der Waals surface area contributed by atoms with Gasteiger partial charge in [0.05, 0.1) is 0 Å². The van der Waals surface area contributed by atoms with Crippen molar-refractivity contribution < 1.29 is 9.47 Å². The van der Waals surface area contributed by atoms with Gasteiger partial charge in [-0.05, 0) is 64.8 Å². The Morgan fingerprint density at radius 1 is 1.15 bits per heavy atom. The molecule has 0 aliphatic carbocycles. The van der Waals surface area contributed by atoms with Crippen LogP contribution in [0.5, 0.6) is 0 Å². The lowest BCUT2D eigenvalue weighted by Crippen LogP contribution is -2.56.